The molecule has 0 spiro atoms. The third kappa shape index (κ3) is 3.10. The van der Waals surface area contributed by atoms with Crippen LogP contribution >= 0.6 is 0 Å². The van der Waals surface area contributed by atoms with Gasteiger partial charge in [0.25, 0.3) is 5.91 Å². The van der Waals surface area contributed by atoms with E-state index in [1.807, 2.05) is 0 Å². The number of aromatic nitrogens is 1. The van der Waals surface area contributed by atoms with Gasteiger partial charge in [0, 0.05) is 12.2 Å². The van der Waals surface area contributed by atoms with E-state index in [9.17, 15) is 9.59 Å². The van der Waals surface area contributed by atoms with Crippen molar-refractivity contribution >= 4 is 17.9 Å². The molecule has 74 valence electrons. The normalized spacial score (nSPS) is 10.4. The van der Waals surface area contributed by atoms with Crippen molar-refractivity contribution in [2.75, 3.05) is 5.32 Å². The summed E-state index contributed by atoms with van der Waals surface area (Å²) in [4.78, 5) is 24.8. The molecule has 0 fully saturated rings. The van der Waals surface area contributed by atoms with Crippen LogP contribution in [0.4, 0.5) is 6.01 Å². The van der Waals surface area contributed by atoms with Gasteiger partial charge >= 0.3 is 12.0 Å². The summed E-state index contributed by atoms with van der Waals surface area (Å²) in [7, 11) is 0. The van der Waals surface area contributed by atoms with Crippen molar-refractivity contribution in [1.82, 2.24) is 4.98 Å². The number of hydrogen-bond acceptors (Lipinski definition) is 4. The van der Waals surface area contributed by atoms with E-state index in [1.54, 1.807) is 6.92 Å². The van der Waals surface area contributed by atoms with Crippen LogP contribution in [0.2, 0.25) is 0 Å². The fourth-order valence-corrected chi connectivity index (χ4v) is 0.705. The Bertz CT molecular complexity index is 380. The van der Waals surface area contributed by atoms with Crippen molar-refractivity contribution in [2.24, 2.45) is 0 Å². The lowest BCUT2D eigenvalue weighted by Gasteiger charge is -1.92. The molecule has 0 aliphatic carbocycles. The zero-order chi connectivity index (χ0) is 10.6. The number of carboxylic acids is 1. The Morgan fingerprint density at radius 1 is 1.57 bits per heavy atom. The lowest BCUT2D eigenvalue weighted by Crippen LogP contribution is -2.08. The Kier molecular flexibility index (Phi) is 3.01. The summed E-state index contributed by atoms with van der Waals surface area (Å²) in [5, 5.41) is 10.5. The predicted octanol–water partition coefficient (Wildman–Crippen LogP) is 0.562. The standard InChI is InChI=1S/C8H8N2O4/c1-5-4-14-8(9-5)10-6(11)2-3-7(12)13/h2-4H,1H3,(H,12,13)(H,9,10,11)/b3-2+. The summed E-state index contributed by atoms with van der Waals surface area (Å²) < 4.78 is 4.82. The maximum absolute atomic E-state index is 11.0. The average molecular weight is 196 g/mol. The maximum Gasteiger partial charge on any atom is 0.328 e. The van der Waals surface area contributed by atoms with Gasteiger partial charge in [-0.1, -0.05) is 0 Å². The number of carbonyl (C=O) groups is 2. The van der Waals surface area contributed by atoms with E-state index in [1.165, 1.54) is 6.26 Å². The topological polar surface area (TPSA) is 92.4 Å². The number of nitrogens with one attached hydrogen (secondary N) is 1. The molecule has 0 aliphatic rings. The number of nitrogens with zero attached hydrogens (tertiary/aromatic N) is 1. The van der Waals surface area contributed by atoms with Gasteiger partial charge in [0.1, 0.15) is 6.26 Å². The lowest BCUT2D eigenvalue weighted by atomic mass is 10.5. The Hall–Kier alpha value is -2.11. The zero-order valence-corrected chi connectivity index (χ0v) is 7.35. The molecule has 6 nitrogen and oxygen atoms in total. The van der Waals surface area contributed by atoms with Crippen LogP contribution in [0.25, 0.3) is 0 Å². The number of aryl methyl sites for hydroxylation is 1. The first-order valence-corrected chi connectivity index (χ1v) is 3.72. The first-order valence-electron chi connectivity index (χ1n) is 3.72. The van der Waals surface area contributed by atoms with Crippen LogP contribution in [-0.2, 0) is 9.59 Å². The van der Waals surface area contributed by atoms with Gasteiger partial charge in [0.2, 0.25) is 0 Å². The van der Waals surface area contributed by atoms with Gasteiger partial charge in [0.15, 0.2) is 0 Å². The van der Waals surface area contributed by atoms with E-state index >= 15 is 0 Å². The Labute approximate surface area is 79.2 Å². The van der Waals surface area contributed by atoms with Crippen molar-refractivity contribution in [1.29, 1.82) is 0 Å². The third-order valence-electron chi connectivity index (χ3n) is 1.23. The number of carboxylic acid groups (broad SMARTS) is 1. The van der Waals surface area contributed by atoms with Gasteiger partial charge < -0.3 is 9.52 Å². The summed E-state index contributed by atoms with van der Waals surface area (Å²) in [5.74, 6) is -1.79. The summed E-state index contributed by atoms with van der Waals surface area (Å²) >= 11 is 0. The molecule has 1 heterocycles. The first kappa shape index (κ1) is 9.97. The van der Waals surface area contributed by atoms with E-state index in [0.29, 0.717) is 5.69 Å². The molecule has 0 saturated heterocycles. The number of amides is 1. The van der Waals surface area contributed by atoms with E-state index in [2.05, 4.69) is 10.3 Å². The van der Waals surface area contributed by atoms with Crippen LogP contribution in [0.15, 0.2) is 22.8 Å². The number of oxazole rings is 1. The highest BCUT2D eigenvalue weighted by Crippen LogP contribution is 2.05. The minimum atomic E-state index is -1.19. The van der Waals surface area contributed by atoms with Gasteiger partial charge in [0.05, 0.1) is 5.69 Å². The third-order valence-corrected chi connectivity index (χ3v) is 1.23. The predicted molar refractivity (Wildman–Crippen MR) is 46.6 cm³/mol. The second-order valence-electron chi connectivity index (χ2n) is 2.45. The fraction of sp³-hybridized carbons (Fsp3) is 0.125. The van der Waals surface area contributed by atoms with E-state index in [4.69, 9.17) is 9.52 Å². The molecule has 1 amide bonds. The lowest BCUT2D eigenvalue weighted by molar-refractivity contribution is -0.131. The van der Waals surface area contributed by atoms with Gasteiger partial charge in [-0.15, -0.1) is 0 Å². The molecule has 0 aromatic carbocycles. The molecule has 14 heavy (non-hydrogen) atoms. The number of rotatable bonds is 3. The molecule has 0 bridgehead atoms. The van der Waals surface area contributed by atoms with Crippen LogP contribution in [0.1, 0.15) is 5.69 Å². The fourth-order valence-electron chi connectivity index (χ4n) is 0.705. The monoisotopic (exact) mass is 196 g/mol. The highest BCUT2D eigenvalue weighted by molar-refractivity contribution is 6.01. The van der Waals surface area contributed by atoms with Gasteiger partial charge in [-0.3, -0.25) is 10.1 Å². The smallest absolute Gasteiger partial charge is 0.328 e. The quantitative estimate of drug-likeness (QED) is 0.689. The van der Waals surface area contributed by atoms with Crippen molar-refractivity contribution in [2.45, 2.75) is 6.92 Å². The largest absolute Gasteiger partial charge is 0.478 e. The number of anilines is 1. The van der Waals surface area contributed by atoms with Crippen molar-refractivity contribution < 1.29 is 19.1 Å². The number of hydrogen-bond donors (Lipinski definition) is 2. The highest BCUT2D eigenvalue weighted by Gasteiger charge is 2.03. The van der Waals surface area contributed by atoms with E-state index < -0.39 is 11.9 Å². The van der Waals surface area contributed by atoms with Gasteiger partial charge in [-0.25, -0.2) is 4.79 Å². The average Bonchev–Trinajstić information content (AvgIpc) is 2.48. The Balaban J connectivity index is 2.53. The molecule has 0 aliphatic heterocycles. The van der Waals surface area contributed by atoms with E-state index in [0.717, 1.165) is 12.2 Å². The minimum Gasteiger partial charge on any atom is -0.478 e. The first-order chi connectivity index (χ1) is 6.58. The molecular weight excluding hydrogens is 188 g/mol. The molecule has 0 atom stereocenters. The highest BCUT2D eigenvalue weighted by atomic mass is 16.4. The van der Waals surface area contributed by atoms with E-state index in [-0.39, 0.29) is 6.01 Å². The molecule has 0 saturated carbocycles. The Morgan fingerprint density at radius 2 is 2.29 bits per heavy atom. The summed E-state index contributed by atoms with van der Waals surface area (Å²) in [6.45, 7) is 1.70. The second kappa shape index (κ2) is 4.22. The van der Waals surface area contributed by atoms with Gasteiger partial charge in [-0.05, 0) is 6.92 Å². The molecule has 1 aromatic heterocycles. The Morgan fingerprint density at radius 3 is 2.79 bits per heavy atom. The molecular formula is C8H8N2O4. The van der Waals surface area contributed by atoms with Crippen molar-refractivity contribution in [3.63, 3.8) is 0 Å². The molecule has 2 N–H and O–H groups in total. The van der Waals surface area contributed by atoms with Crippen LogP contribution in [0, 0.1) is 6.92 Å². The van der Waals surface area contributed by atoms with Crippen molar-refractivity contribution in [3.8, 4) is 0 Å². The molecule has 1 aromatic rings. The van der Waals surface area contributed by atoms with Crippen LogP contribution in [-0.4, -0.2) is 22.0 Å². The van der Waals surface area contributed by atoms with Gasteiger partial charge in [-0.2, -0.15) is 4.98 Å². The molecule has 0 radical (unpaired) electrons. The summed E-state index contributed by atoms with van der Waals surface area (Å²) in [5.41, 5.74) is 0.627. The summed E-state index contributed by atoms with van der Waals surface area (Å²) in [6, 6.07) is 0.0440. The molecule has 1 rings (SSSR count). The SMILES string of the molecule is Cc1coc(NC(=O)/C=C/C(=O)O)n1. The van der Waals surface area contributed by atoms with Crippen molar-refractivity contribution in [3.05, 3.63) is 24.1 Å². The van der Waals surface area contributed by atoms with Crippen LogP contribution in [0.5, 0.6) is 0 Å². The van der Waals surface area contributed by atoms with Crippen LogP contribution in [0.3, 0.4) is 0 Å². The molecule has 6 heteroatoms. The van der Waals surface area contributed by atoms with Crippen LogP contribution < -0.4 is 5.32 Å². The maximum atomic E-state index is 11.0. The minimum absolute atomic E-state index is 0.0440. The number of carbonyl (C=O) groups excluding carboxylic acids is 1. The molecule has 0 unspecified atom stereocenters. The summed E-state index contributed by atoms with van der Waals surface area (Å²) in [6.07, 6.45) is 2.98. The zero-order valence-electron chi connectivity index (χ0n) is 7.35. The second-order valence-corrected chi connectivity index (χ2v) is 2.45. The number of aliphatic carboxylic acids is 1.